The minimum Gasteiger partial charge on any atom is -0.349 e. The molecule has 33 heavy (non-hydrogen) atoms. The lowest BCUT2D eigenvalue weighted by Crippen LogP contribution is -2.44. The Bertz CT molecular complexity index is 1070. The highest BCUT2D eigenvalue weighted by Crippen LogP contribution is 2.30. The number of carbonyl (C=O) groups is 1. The Morgan fingerprint density at radius 2 is 1.79 bits per heavy atom. The molecule has 0 unspecified atom stereocenters. The highest BCUT2D eigenvalue weighted by molar-refractivity contribution is 7.89. The molecule has 0 spiro atoms. The number of hydrogen-bond acceptors (Lipinski definition) is 5. The maximum atomic E-state index is 12.9. The van der Waals surface area contributed by atoms with Crippen LogP contribution in [0.25, 0.3) is 0 Å². The summed E-state index contributed by atoms with van der Waals surface area (Å²) in [6, 6.07) is 10.8. The monoisotopic (exact) mass is 485 g/mol. The van der Waals surface area contributed by atoms with Crippen molar-refractivity contribution in [3.63, 3.8) is 0 Å². The van der Waals surface area contributed by atoms with E-state index in [-0.39, 0.29) is 16.8 Å². The van der Waals surface area contributed by atoms with Crippen LogP contribution < -0.4 is 5.32 Å². The molecular formula is C22H26F3N3O4S. The Kier molecular flexibility index (Phi) is 7.78. The number of piperidine rings is 1. The van der Waals surface area contributed by atoms with E-state index in [1.165, 1.54) is 50.6 Å². The number of rotatable bonds is 7. The molecule has 1 aliphatic rings. The number of halogens is 3. The van der Waals surface area contributed by atoms with Gasteiger partial charge in [0.2, 0.25) is 0 Å². The van der Waals surface area contributed by atoms with Gasteiger partial charge >= 0.3 is 6.18 Å². The quantitative estimate of drug-likeness (QED) is 0.609. The fourth-order valence-electron chi connectivity index (χ4n) is 3.63. The smallest absolute Gasteiger partial charge is 0.349 e. The Labute approximate surface area is 191 Å². The second kappa shape index (κ2) is 10.2. The molecule has 0 aromatic heterocycles. The molecule has 0 bridgehead atoms. The van der Waals surface area contributed by atoms with Gasteiger partial charge < -0.3 is 5.32 Å². The fraction of sp³-hybridized carbons (Fsp3) is 0.409. The largest absolute Gasteiger partial charge is 0.416 e. The number of alkyl halides is 3. The van der Waals surface area contributed by atoms with E-state index in [4.69, 9.17) is 4.84 Å². The summed E-state index contributed by atoms with van der Waals surface area (Å²) in [5.41, 5.74) is 0.275. The fourth-order valence-corrected chi connectivity index (χ4v) is 4.61. The second-order valence-corrected chi connectivity index (χ2v) is 9.78. The van der Waals surface area contributed by atoms with Crippen LogP contribution in [-0.2, 0) is 27.6 Å². The number of likely N-dealkylation sites (tertiary alicyclic amines) is 1. The molecule has 1 aliphatic heterocycles. The summed E-state index contributed by atoms with van der Waals surface area (Å²) in [6.07, 6.45) is -3.04. The van der Waals surface area contributed by atoms with E-state index in [9.17, 15) is 26.4 Å². The number of sulfonamides is 1. The van der Waals surface area contributed by atoms with Gasteiger partial charge in [-0.25, -0.2) is 8.42 Å². The van der Waals surface area contributed by atoms with Gasteiger partial charge in [0.15, 0.2) is 0 Å². The number of hydrogen-bond donors (Lipinski definition) is 1. The Morgan fingerprint density at radius 3 is 2.36 bits per heavy atom. The third-order valence-electron chi connectivity index (χ3n) is 5.59. The maximum Gasteiger partial charge on any atom is 0.416 e. The molecule has 1 amide bonds. The van der Waals surface area contributed by atoms with Crippen LogP contribution >= 0.6 is 0 Å². The average Bonchev–Trinajstić information content (AvgIpc) is 2.79. The Balaban J connectivity index is 1.52. The molecule has 1 N–H and O–H groups in total. The predicted octanol–water partition coefficient (Wildman–Crippen LogP) is 3.28. The molecule has 2 aromatic rings. The number of nitrogens with one attached hydrogen (secondary N) is 1. The van der Waals surface area contributed by atoms with Gasteiger partial charge in [-0.15, -0.1) is 0 Å². The third-order valence-corrected chi connectivity index (χ3v) is 7.29. The van der Waals surface area contributed by atoms with E-state index in [2.05, 4.69) is 10.2 Å². The summed E-state index contributed by atoms with van der Waals surface area (Å²) in [7, 11) is -1.28. The first-order valence-corrected chi connectivity index (χ1v) is 11.8. The summed E-state index contributed by atoms with van der Waals surface area (Å²) < 4.78 is 63.9. The molecule has 2 aromatic carbocycles. The zero-order valence-electron chi connectivity index (χ0n) is 18.3. The molecule has 11 heteroatoms. The first kappa shape index (κ1) is 25.2. The summed E-state index contributed by atoms with van der Waals surface area (Å²) in [6.45, 7) is 1.69. The Hall–Kier alpha value is -2.47. The SMILES string of the molecule is CON(C)S(=O)(=O)c1ccc(C(=O)NC2CCN(Cc3cccc(C(F)(F)F)c3)CC2)cc1. The van der Waals surface area contributed by atoms with Crippen molar-refractivity contribution in [2.45, 2.75) is 36.5 Å². The first-order valence-electron chi connectivity index (χ1n) is 10.3. The molecule has 0 atom stereocenters. The third kappa shape index (κ3) is 6.32. The summed E-state index contributed by atoms with van der Waals surface area (Å²) in [5, 5.41) is 2.94. The van der Waals surface area contributed by atoms with Gasteiger partial charge in [-0.3, -0.25) is 14.5 Å². The van der Waals surface area contributed by atoms with Gasteiger partial charge in [0.05, 0.1) is 17.6 Å². The van der Waals surface area contributed by atoms with Crippen LogP contribution in [0, 0.1) is 0 Å². The van der Waals surface area contributed by atoms with Crippen LogP contribution in [0.4, 0.5) is 13.2 Å². The predicted molar refractivity (Wildman–Crippen MR) is 116 cm³/mol. The zero-order chi connectivity index (χ0) is 24.2. The van der Waals surface area contributed by atoms with Crippen LogP contribution in [0.5, 0.6) is 0 Å². The molecular weight excluding hydrogens is 459 g/mol. The molecule has 7 nitrogen and oxygen atoms in total. The number of benzene rings is 2. The lowest BCUT2D eigenvalue weighted by Gasteiger charge is -2.32. The van der Waals surface area contributed by atoms with E-state index in [1.54, 1.807) is 6.07 Å². The number of hydroxylamine groups is 1. The van der Waals surface area contributed by atoms with Crippen molar-refractivity contribution in [2.75, 3.05) is 27.2 Å². The van der Waals surface area contributed by atoms with E-state index >= 15 is 0 Å². The van der Waals surface area contributed by atoms with Gasteiger partial charge in [0.1, 0.15) is 0 Å². The van der Waals surface area contributed by atoms with Crippen LogP contribution in [0.2, 0.25) is 0 Å². The maximum absolute atomic E-state index is 12.9. The highest BCUT2D eigenvalue weighted by Gasteiger charge is 2.30. The molecule has 1 fully saturated rings. The minimum absolute atomic E-state index is 0.00583. The van der Waals surface area contributed by atoms with Gasteiger partial charge in [-0.05, 0) is 48.7 Å². The van der Waals surface area contributed by atoms with E-state index < -0.39 is 21.8 Å². The standard InChI is InChI=1S/C22H26F3N3O4S/c1-27(32-2)33(30,31)20-8-6-17(7-9-20)21(29)26-19-10-12-28(13-11-19)15-16-4-3-5-18(14-16)22(23,24)25/h3-9,14,19H,10-13,15H2,1-2H3,(H,26,29). The zero-order valence-corrected chi connectivity index (χ0v) is 19.1. The van der Waals surface area contributed by atoms with Crippen molar-refractivity contribution >= 4 is 15.9 Å². The van der Waals surface area contributed by atoms with Gasteiger partial charge in [-0.2, -0.15) is 13.2 Å². The summed E-state index contributed by atoms with van der Waals surface area (Å²) in [4.78, 5) is 19.3. The van der Waals surface area contributed by atoms with Crippen LogP contribution in [0.1, 0.15) is 34.3 Å². The topological polar surface area (TPSA) is 78.9 Å². The molecule has 0 radical (unpaired) electrons. The lowest BCUT2D eigenvalue weighted by atomic mass is 10.0. The molecule has 180 valence electrons. The minimum atomic E-state index is -4.37. The van der Waals surface area contributed by atoms with E-state index in [0.717, 1.165) is 10.5 Å². The summed E-state index contributed by atoms with van der Waals surface area (Å²) >= 11 is 0. The van der Waals surface area contributed by atoms with Crippen LogP contribution in [0.3, 0.4) is 0 Å². The average molecular weight is 486 g/mol. The van der Waals surface area contributed by atoms with E-state index in [1.807, 2.05) is 0 Å². The second-order valence-electron chi connectivity index (χ2n) is 7.84. The lowest BCUT2D eigenvalue weighted by molar-refractivity contribution is -0.137. The van der Waals surface area contributed by atoms with Crippen LogP contribution in [0.15, 0.2) is 53.4 Å². The van der Waals surface area contributed by atoms with Crippen molar-refractivity contribution < 1.29 is 31.2 Å². The van der Waals surface area contributed by atoms with E-state index in [0.29, 0.717) is 43.6 Å². The Morgan fingerprint density at radius 1 is 1.15 bits per heavy atom. The van der Waals surface area contributed by atoms with Crippen molar-refractivity contribution in [3.8, 4) is 0 Å². The summed E-state index contributed by atoms with van der Waals surface area (Å²) in [5.74, 6) is -0.310. The number of amides is 1. The molecule has 0 saturated carbocycles. The van der Waals surface area contributed by atoms with Crippen molar-refractivity contribution in [2.24, 2.45) is 0 Å². The number of nitrogens with zero attached hydrogens (tertiary/aromatic N) is 2. The van der Waals surface area contributed by atoms with Crippen molar-refractivity contribution in [1.29, 1.82) is 0 Å². The van der Waals surface area contributed by atoms with Crippen molar-refractivity contribution in [3.05, 3.63) is 65.2 Å². The molecule has 0 aliphatic carbocycles. The normalized spacial score (nSPS) is 16.2. The molecule has 3 rings (SSSR count). The van der Waals surface area contributed by atoms with Gasteiger partial charge in [0.25, 0.3) is 15.9 Å². The highest BCUT2D eigenvalue weighted by atomic mass is 32.2. The van der Waals surface area contributed by atoms with Crippen LogP contribution in [-0.4, -0.2) is 57.0 Å². The number of carbonyl (C=O) groups excluding carboxylic acids is 1. The van der Waals surface area contributed by atoms with Gasteiger partial charge in [-0.1, -0.05) is 22.7 Å². The molecule has 1 heterocycles. The van der Waals surface area contributed by atoms with Crippen molar-refractivity contribution in [1.82, 2.24) is 14.7 Å². The molecule has 1 saturated heterocycles. The first-order chi connectivity index (χ1) is 15.5. The van der Waals surface area contributed by atoms with Gasteiger partial charge in [0, 0.05) is 38.3 Å².